The summed E-state index contributed by atoms with van der Waals surface area (Å²) in [4.78, 5) is 48.6. The van der Waals surface area contributed by atoms with E-state index >= 15 is 0 Å². The molecule has 0 amide bonds. The van der Waals surface area contributed by atoms with Crippen LogP contribution in [0.15, 0.2) is 18.2 Å². The standard InChI is InChI=1S/C28H43NO11/c1-8-10-18(5)37-27(32)39-23-13-12-21(15-24(23)40-28(33)38-19(6)11-9-2)14-22(29)25(30)36-20(7)16-34-26(31)35-17(3)4/h12-13,15,17-20,22H,8-11,14,16,29H2,1-7H3/t18-,19?,20?,22-/m0/s1. The summed E-state index contributed by atoms with van der Waals surface area (Å²) in [5.41, 5.74) is 6.51. The molecule has 12 nitrogen and oxygen atoms in total. The summed E-state index contributed by atoms with van der Waals surface area (Å²) < 4.78 is 36.1. The van der Waals surface area contributed by atoms with Crippen LogP contribution < -0.4 is 15.2 Å². The zero-order valence-corrected chi connectivity index (χ0v) is 24.4. The van der Waals surface area contributed by atoms with Crippen LogP contribution in [0.1, 0.15) is 79.7 Å². The molecular weight excluding hydrogens is 526 g/mol. The van der Waals surface area contributed by atoms with Gasteiger partial charge in [-0.15, -0.1) is 0 Å². The van der Waals surface area contributed by atoms with Crippen LogP contribution in [0.3, 0.4) is 0 Å². The fourth-order valence-electron chi connectivity index (χ4n) is 3.40. The minimum absolute atomic E-state index is 0.00227. The Morgan fingerprint density at radius 1 is 0.725 bits per heavy atom. The molecule has 0 heterocycles. The van der Waals surface area contributed by atoms with Gasteiger partial charge in [-0.2, -0.15) is 0 Å². The largest absolute Gasteiger partial charge is 0.514 e. The molecule has 0 aromatic heterocycles. The molecule has 1 aromatic rings. The van der Waals surface area contributed by atoms with Crippen molar-refractivity contribution in [2.75, 3.05) is 6.61 Å². The van der Waals surface area contributed by atoms with Crippen LogP contribution in [-0.4, -0.2) is 61.5 Å². The molecule has 0 spiro atoms. The van der Waals surface area contributed by atoms with E-state index in [1.807, 2.05) is 13.8 Å². The van der Waals surface area contributed by atoms with Gasteiger partial charge in [-0.05, 0) is 71.6 Å². The highest BCUT2D eigenvalue weighted by atomic mass is 16.8. The Bertz CT molecular complexity index is 966. The van der Waals surface area contributed by atoms with E-state index in [0.717, 1.165) is 12.8 Å². The van der Waals surface area contributed by atoms with Crippen molar-refractivity contribution >= 4 is 24.4 Å². The molecular formula is C28H43NO11. The Labute approximate surface area is 235 Å². The Hall–Kier alpha value is -3.54. The third-order valence-corrected chi connectivity index (χ3v) is 5.22. The molecule has 2 unspecified atom stereocenters. The number of ether oxygens (including phenoxy) is 7. The summed E-state index contributed by atoms with van der Waals surface area (Å²) in [5, 5.41) is 0. The van der Waals surface area contributed by atoms with E-state index in [1.165, 1.54) is 19.1 Å². The molecule has 4 atom stereocenters. The number of carbonyl (C=O) groups excluding carboxylic acids is 4. The quantitative estimate of drug-likeness (QED) is 0.162. The molecule has 1 aromatic carbocycles. The van der Waals surface area contributed by atoms with E-state index in [9.17, 15) is 19.2 Å². The van der Waals surface area contributed by atoms with Crippen molar-refractivity contribution in [1.29, 1.82) is 0 Å². The van der Waals surface area contributed by atoms with Gasteiger partial charge in [-0.3, -0.25) is 4.79 Å². The Morgan fingerprint density at radius 3 is 1.80 bits per heavy atom. The molecule has 0 saturated heterocycles. The van der Waals surface area contributed by atoms with Crippen LogP contribution in [0.25, 0.3) is 0 Å². The maximum atomic E-state index is 12.5. The molecule has 40 heavy (non-hydrogen) atoms. The molecule has 0 saturated carbocycles. The molecule has 12 heteroatoms. The van der Waals surface area contributed by atoms with Crippen molar-refractivity contribution in [3.8, 4) is 11.5 Å². The topological polar surface area (TPSA) is 159 Å². The predicted octanol–water partition coefficient (Wildman–Crippen LogP) is 5.46. The lowest BCUT2D eigenvalue weighted by Gasteiger charge is -2.18. The van der Waals surface area contributed by atoms with Gasteiger partial charge < -0.3 is 38.9 Å². The highest BCUT2D eigenvalue weighted by Crippen LogP contribution is 2.30. The van der Waals surface area contributed by atoms with Crippen LogP contribution in [0, 0.1) is 0 Å². The van der Waals surface area contributed by atoms with E-state index in [0.29, 0.717) is 18.4 Å². The molecule has 0 bridgehead atoms. The second-order valence-corrected chi connectivity index (χ2v) is 9.71. The average molecular weight is 570 g/mol. The van der Waals surface area contributed by atoms with Crippen molar-refractivity contribution in [2.24, 2.45) is 5.73 Å². The lowest BCUT2D eigenvalue weighted by atomic mass is 10.1. The number of nitrogens with two attached hydrogens (primary N) is 1. The number of hydrogen-bond acceptors (Lipinski definition) is 12. The van der Waals surface area contributed by atoms with Crippen molar-refractivity contribution < 1.29 is 52.3 Å². The van der Waals surface area contributed by atoms with Gasteiger partial charge in [0.05, 0.1) is 6.10 Å². The van der Waals surface area contributed by atoms with E-state index in [4.69, 9.17) is 38.9 Å². The number of esters is 1. The number of hydrogen-bond donors (Lipinski definition) is 1. The van der Waals surface area contributed by atoms with Crippen LogP contribution in [0.2, 0.25) is 0 Å². The molecule has 0 radical (unpaired) electrons. The Morgan fingerprint density at radius 2 is 1.27 bits per heavy atom. The lowest BCUT2D eigenvalue weighted by Crippen LogP contribution is -2.37. The third kappa shape index (κ3) is 14.0. The highest BCUT2D eigenvalue weighted by Gasteiger charge is 2.23. The van der Waals surface area contributed by atoms with Crippen molar-refractivity contribution in [2.45, 2.75) is 111 Å². The molecule has 226 valence electrons. The SMILES string of the molecule is CCCC(C)OC(=O)Oc1cc(C[C@H](N)C(=O)OC(C)COC(=O)OC(C)C)ccc1OC(=O)O[C@@H](C)CCC. The van der Waals surface area contributed by atoms with Crippen molar-refractivity contribution in [3.63, 3.8) is 0 Å². The smallest absolute Gasteiger partial charge is 0.458 e. The Kier molecular flexibility index (Phi) is 15.5. The fourth-order valence-corrected chi connectivity index (χ4v) is 3.40. The highest BCUT2D eigenvalue weighted by molar-refractivity contribution is 5.76. The average Bonchev–Trinajstić information content (AvgIpc) is 2.84. The monoisotopic (exact) mass is 569 g/mol. The first-order valence-electron chi connectivity index (χ1n) is 13.5. The zero-order valence-electron chi connectivity index (χ0n) is 24.4. The van der Waals surface area contributed by atoms with Crippen LogP contribution in [0.4, 0.5) is 14.4 Å². The van der Waals surface area contributed by atoms with E-state index < -0.39 is 36.6 Å². The van der Waals surface area contributed by atoms with Gasteiger partial charge in [0.1, 0.15) is 31.0 Å². The summed E-state index contributed by atoms with van der Waals surface area (Å²) >= 11 is 0. The van der Waals surface area contributed by atoms with Gasteiger partial charge in [0.2, 0.25) is 0 Å². The van der Waals surface area contributed by atoms with E-state index in [-0.39, 0.29) is 42.8 Å². The zero-order chi connectivity index (χ0) is 30.2. The first-order chi connectivity index (χ1) is 18.8. The molecule has 0 aliphatic rings. The summed E-state index contributed by atoms with van der Waals surface area (Å²) in [5.74, 6) is -0.928. The van der Waals surface area contributed by atoms with Gasteiger partial charge >= 0.3 is 24.4 Å². The second-order valence-electron chi connectivity index (χ2n) is 9.71. The predicted molar refractivity (Wildman–Crippen MR) is 144 cm³/mol. The summed E-state index contributed by atoms with van der Waals surface area (Å²) in [7, 11) is 0. The lowest BCUT2D eigenvalue weighted by molar-refractivity contribution is -0.152. The van der Waals surface area contributed by atoms with Gasteiger partial charge in [-0.25, -0.2) is 14.4 Å². The Balaban J connectivity index is 2.92. The van der Waals surface area contributed by atoms with Gasteiger partial charge in [0.25, 0.3) is 0 Å². The van der Waals surface area contributed by atoms with Crippen molar-refractivity contribution in [3.05, 3.63) is 23.8 Å². The van der Waals surface area contributed by atoms with Gasteiger partial charge in [-0.1, -0.05) is 32.8 Å². The summed E-state index contributed by atoms with van der Waals surface area (Å²) in [6.45, 7) is 12.1. The van der Waals surface area contributed by atoms with Crippen LogP contribution in [0.5, 0.6) is 11.5 Å². The van der Waals surface area contributed by atoms with Crippen LogP contribution >= 0.6 is 0 Å². The van der Waals surface area contributed by atoms with Gasteiger partial charge in [0, 0.05) is 0 Å². The van der Waals surface area contributed by atoms with E-state index in [1.54, 1.807) is 33.8 Å². The maximum absolute atomic E-state index is 12.5. The second kappa shape index (κ2) is 17.9. The minimum atomic E-state index is -1.10. The number of rotatable bonds is 15. The maximum Gasteiger partial charge on any atom is 0.514 e. The minimum Gasteiger partial charge on any atom is -0.458 e. The van der Waals surface area contributed by atoms with Crippen LogP contribution in [-0.2, 0) is 34.9 Å². The van der Waals surface area contributed by atoms with E-state index in [2.05, 4.69) is 0 Å². The summed E-state index contributed by atoms with van der Waals surface area (Å²) in [6.07, 6.45) is -1.76. The molecule has 0 fully saturated rings. The molecule has 0 aliphatic carbocycles. The first-order valence-corrected chi connectivity index (χ1v) is 13.5. The van der Waals surface area contributed by atoms with Gasteiger partial charge in [0.15, 0.2) is 11.5 Å². The third-order valence-electron chi connectivity index (χ3n) is 5.22. The van der Waals surface area contributed by atoms with Crippen molar-refractivity contribution in [1.82, 2.24) is 0 Å². The number of benzene rings is 1. The normalized spacial score (nSPS) is 13.8. The number of carbonyl (C=O) groups is 4. The first kappa shape index (κ1) is 34.5. The summed E-state index contributed by atoms with van der Waals surface area (Å²) in [6, 6.07) is 3.26. The fraction of sp³-hybridized carbons (Fsp3) is 0.643. The molecule has 2 N–H and O–H groups in total. The molecule has 1 rings (SSSR count). The molecule has 0 aliphatic heterocycles.